The summed E-state index contributed by atoms with van der Waals surface area (Å²) in [7, 11) is 0. The van der Waals surface area contributed by atoms with Gasteiger partial charge in [-0.1, -0.05) is 26.0 Å². The van der Waals surface area contributed by atoms with Gasteiger partial charge in [0.25, 0.3) is 0 Å². The van der Waals surface area contributed by atoms with E-state index < -0.39 is 0 Å². The highest BCUT2D eigenvalue weighted by Gasteiger charge is 2.28. The molecule has 0 fully saturated rings. The van der Waals surface area contributed by atoms with Crippen molar-refractivity contribution in [3.8, 4) is 0 Å². The van der Waals surface area contributed by atoms with E-state index in [9.17, 15) is 4.79 Å². The van der Waals surface area contributed by atoms with Gasteiger partial charge in [0, 0.05) is 18.2 Å². The second-order valence-corrected chi connectivity index (χ2v) is 5.26. The molecule has 0 saturated heterocycles. The van der Waals surface area contributed by atoms with Gasteiger partial charge in [-0.2, -0.15) is 0 Å². The lowest BCUT2D eigenvalue weighted by Gasteiger charge is -2.22. The van der Waals surface area contributed by atoms with Crippen molar-refractivity contribution in [2.24, 2.45) is 11.7 Å². The van der Waals surface area contributed by atoms with Crippen molar-refractivity contribution in [1.29, 1.82) is 0 Å². The molecule has 1 aromatic carbocycles. The van der Waals surface area contributed by atoms with Crippen molar-refractivity contribution in [2.75, 3.05) is 18.0 Å². The molecule has 104 valence electrons. The molecule has 0 unspecified atom stereocenters. The lowest BCUT2D eigenvalue weighted by atomic mass is 10.0. The van der Waals surface area contributed by atoms with Gasteiger partial charge in [-0.3, -0.25) is 4.79 Å². The zero-order chi connectivity index (χ0) is 13.8. The molecule has 1 aliphatic heterocycles. The van der Waals surface area contributed by atoms with Crippen LogP contribution < -0.4 is 10.6 Å². The number of nitrogens with two attached hydrogens (primary N) is 1. The van der Waals surface area contributed by atoms with Gasteiger partial charge in [0.1, 0.15) is 0 Å². The standard InChI is InChI=1S/C16H24N2O/c1-3-13(4-2)16(19)18-10-8-14-11-12(7-9-17)5-6-15(14)18/h5-6,11,13H,3-4,7-10,17H2,1-2H3. The maximum atomic E-state index is 12.5. The molecule has 1 heterocycles. The minimum Gasteiger partial charge on any atom is -0.330 e. The van der Waals surface area contributed by atoms with Crippen LogP contribution in [-0.2, 0) is 17.6 Å². The van der Waals surface area contributed by atoms with Crippen LogP contribution in [-0.4, -0.2) is 19.0 Å². The summed E-state index contributed by atoms with van der Waals surface area (Å²) < 4.78 is 0. The number of benzene rings is 1. The third-order valence-electron chi connectivity index (χ3n) is 4.07. The molecule has 1 aliphatic rings. The molecule has 19 heavy (non-hydrogen) atoms. The van der Waals surface area contributed by atoms with Gasteiger partial charge in [-0.15, -0.1) is 0 Å². The monoisotopic (exact) mass is 260 g/mol. The Kier molecular flexibility index (Phi) is 4.59. The van der Waals surface area contributed by atoms with Crippen molar-refractivity contribution in [1.82, 2.24) is 0 Å². The molecule has 3 nitrogen and oxygen atoms in total. The third-order valence-corrected chi connectivity index (χ3v) is 4.07. The van der Waals surface area contributed by atoms with E-state index in [4.69, 9.17) is 5.73 Å². The lowest BCUT2D eigenvalue weighted by molar-refractivity contribution is -0.122. The van der Waals surface area contributed by atoms with E-state index in [1.54, 1.807) is 0 Å². The topological polar surface area (TPSA) is 46.3 Å². The second kappa shape index (κ2) is 6.20. The fraction of sp³-hybridized carbons (Fsp3) is 0.562. The molecule has 3 heteroatoms. The van der Waals surface area contributed by atoms with E-state index in [1.165, 1.54) is 11.1 Å². The molecule has 0 aliphatic carbocycles. The smallest absolute Gasteiger partial charge is 0.230 e. The minimum atomic E-state index is 0.162. The highest BCUT2D eigenvalue weighted by molar-refractivity contribution is 5.97. The number of rotatable bonds is 5. The number of nitrogens with zero attached hydrogens (tertiary/aromatic N) is 1. The Labute approximate surface area is 115 Å². The summed E-state index contributed by atoms with van der Waals surface area (Å²) in [6, 6.07) is 6.40. The Hall–Kier alpha value is -1.35. The SMILES string of the molecule is CCC(CC)C(=O)N1CCc2cc(CCN)ccc21. The molecular formula is C16H24N2O. The Morgan fingerprint density at radius 3 is 2.74 bits per heavy atom. The largest absolute Gasteiger partial charge is 0.330 e. The average molecular weight is 260 g/mol. The number of hydrogen-bond donors (Lipinski definition) is 1. The quantitative estimate of drug-likeness (QED) is 0.884. The average Bonchev–Trinajstić information content (AvgIpc) is 2.83. The molecule has 0 atom stereocenters. The first-order valence-corrected chi connectivity index (χ1v) is 7.34. The van der Waals surface area contributed by atoms with E-state index in [0.29, 0.717) is 6.54 Å². The molecular weight excluding hydrogens is 236 g/mol. The third kappa shape index (κ3) is 2.81. The van der Waals surface area contributed by atoms with E-state index in [0.717, 1.165) is 37.9 Å². The first-order chi connectivity index (χ1) is 9.21. The fourth-order valence-corrected chi connectivity index (χ4v) is 2.86. The van der Waals surface area contributed by atoms with Crippen molar-refractivity contribution in [2.45, 2.75) is 39.5 Å². The molecule has 1 amide bonds. The van der Waals surface area contributed by atoms with Crippen LogP contribution in [0.2, 0.25) is 0 Å². The molecule has 2 N–H and O–H groups in total. The van der Waals surface area contributed by atoms with E-state index in [2.05, 4.69) is 32.0 Å². The van der Waals surface area contributed by atoms with Crippen LogP contribution in [0.5, 0.6) is 0 Å². The van der Waals surface area contributed by atoms with Gasteiger partial charge in [-0.05, 0) is 49.4 Å². The highest BCUT2D eigenvalue weighted by atomic mass is 16.2. The number of amides is 1. The maximum Gasteiger partial charge on any atom is 0.230 e. The predicted octanol–water partition coefficient (Wildman–Crippen LogP) is 2.51. The van der Waals surface area contributed by atoms with Crippen molar-refractivity contribution < 1.29 is 4.79 Å². The van der Waals surface area contributed by atoms with Crippen molar-refractivity contribution in [3.63, 3.8) is 0 Å². The second-order valence-electron chi connectivity index (χ2n) is 5.26. The summed E-state index contributed by atoms with van der Waals surface area (Å²) in [5, 5.41) is 0. The molecule has 0 bridgehead atoms. The van der Waals surface area contributed by atoms with Crippen LogP contribution in [0.3, 0.4) is 0 Å². The van der Waals surface area contributed by atoms with E-state index in [-0.39, 0.29) is 11.8 Å². The van der Waals surface area contributed by atoms with Crippen LogP contribution in [0.25, 0.3) is 0 Å². The molecule has 2 rings (SSSR count). The van der Waals surface area contributed by atoms with Gasteiger partial charge in [0.15, 0.2) is 0 Å². The molecule has 0 saturated carbocycles. The Morgan fingerprint density at radius 1 is 1.37 bits per heavy atom. The summed E-state index contributed by atoms with van der Waals surface area (Å²) in [5.74, 6) is 0.449. The zero-order valence-corrected chi connectivity index (χ0v) is 12.0. The highest BCUT2D eigenvalue weighted by Crippen LogP contribution is 2.31. The Balaban J connectivity index is 2.20. The number of hydrogen-bond acceptors (Lipinski definition) is 2. The van der Waals surface area contributed by atoms with Crippen LogP contribution in [0, 0.1) is 5.92 Å². The first kappa shape index (κ1) is 14.1. The summed E-state index contributed by atoms with van der Waals surface area (Å²) in [6.07, 6.45) is 3.73. The summed E-state index contributed by atoms with van der Waals surface area (Å²) >= 11 is 0. The van der Waals surface area contributed by atoms with Crippen LogP contribution in [0.1, 0.15) is 37.8 Å². The first-order valence-electron chi connectivity index (χ1n) is 7.34. The number of carbonyl (C=O) groups excluding carboxylic acids is 1. The van der Waals surface area contributed by atoms with Gasteiger partial charge >= 0.3 is 0 Å². The van der Waals surface area contributed by atoms with Crippen molar-refractivity contribution >= 4 is 11.6 Å². The minimum absolute atomic E-state index is 0.162. The zero-order valence-electron chi connectivity index (χ0n) is 12.0. The van der Waals surface area contributed by atoms with Gasteiger partial charge in [-0.25, -0.2) is 0 Å². The lowest BCUT2D eigenvalue weighted by Crippen LogP contribution is -2.34. The normalized spacial score (nSPS) is 14.0. The predicted molar refractivity (Wildman–Crippen MR) is 79.3 cm³/mol. The van der Waals surface area contributed by atoms with Crippen LogP contribution in [0.15, 0.2) is 18.2 Å². The van der Waals surface area contributed by atoms with Gasteiger partial charge in [0.05, 0.1) is 0 Å². The fourth-order valence-electron chi connectivity index (χ4n) is 2.86. The summed E-state index contributed by atoms with van der Waals surface area (Å²) in [5.41, 5.74) is 9.27. The van der Waals surface area contributed by atoms with Crippen LogP contribution in [0.4, 0.5) is 5.69 Å². The molecule has 0 radical (unpaired) electrons. The Bertz CT molecular complexity index is 452. The number of anilines is 1. The van der Waals surface area contributed by atoms with E-state index in [1.807, 2.05) is 4.90 Å². The van der Waals surface area contributed by atoms with Crippen LogP contribution >= 0.6 is 0 Å². The Morgan fingerprint density at radius 2 is 2.11 bits per heavy atom. The van der Waals surface area contributed by atoms with E-state index >= 15 is 0 Å². The molecule has 1 aromatic rings. The maximum absolute atomic E-state index is 12.5. The molecule has 0 aromatic heterocycles. The number of carbonyl (C=O) groups is 1. The number of fused-ring (bicyclic) bond motifs is 1. The van der Waals surface area contributed by atoms with Crippen molar-refractivity contribution in [3.05, 3.63) is 29.3 Å². The molecule has 0 spiro atoms. The summed E-state index contributed by atoms with van der Waals surface area (Å²) in [6.45, 7) is 5.69. The van der Waals surface area contributed by atoms with Gasteiger partial charge in [0.2, 0.25) is 5.91 Å². The summed E-state index contributed by atoms with van der Waals surface area (Å²) in [4.78, 5) is 14.5. The van der Waals surface area contributed by atoms with Gasteiger partial charge < -0.3 is 10.6 Å².